The van der Waals surface area contributed by atoms with Crippen LogP contribution in [-0.2, 0) is 16.0 Å². The first-order valence-electron chi connectivity index (χ1n) is 5.93. The lowest BCUT2D eigenvalue weighted by atomic mass is 9.95. The number of urea groups is 1. The predicted octanol–water partition coefficient (Wildman–Crippen LogP) is 0.307. The van der Waals surface area contributed by atoms with E-state index in [-0.39, 0.29) is 17.9 Å². The standard InChI is InChI=1S/C13H14N2O5/c1-14-11(18)8(12(19)15(2)13(14)20)5-7-3-4-9(16)10(17)6-7/h3-4,6,8,16-17H,5H2,1-2H3. The van der Waals surface area contributed by atoms with Gasteiger partial charge in [-0.15, -0.1) is 0 Å². The largest absolute Gasteiger partial charge is 0.504 e. The van der Waals surface area contributed by atoms with Gasteiger partial charge in [-0.3, -0.25) is 19.4 Å². The Hall–Kier alpha value is -2.57. The van der Waals surface area contributed by atoms with Crippen molar-refractivity contribution in [1.29, 1.82) is 0 Å². The number of hydrogen-bond donors (Lipinski definition) is 2. The molecule has 7 nitrogen and oxygen atoms in total. The Morgan fingerprint density at radius 2 is 1.55 bits per heavy atom. The number of imide groups is 2. The molecule has 1 heterocycles. The van der Waals surface area contributed by atoms with Crippen LogP contribution in [0.1, 0.15) is 5.56 Å². The van der Waals surface area contributed by atoms with Gasteiger partial charge in [0, 0.05) is 14.1 Å². The van der Waals surface area contributed by atoms with Crippen LogP contribution in [-0.4, -0.2) is 52.0 Å². The van der Waals surface area contributed by atoms with E-state index >= 15 is 0 Å². The van der Waals surface area contributed by atoms with E-state index in [1.807, 2.05) is 0 Å². The van der Waals surface area contributed by atoms with E-state index in [1.165, 1.54) is 32.3 Å². The van der Waals surface area contributed by atoms with Crippen LogP contribution in [0.25, 0.3) is 0 Å². The first-order chi connectivity index (χ1) is 9.32. The van der Waals surface area contributed by atoms with E-state index in [0.29, 0.717) is 5.56 Å². The van der Waals surface area contributed by atoms with E-state index in [1.54, 1.807) is 0 Å². The zero-order valence-electron chi connectivity index (χ0n) is 11.0. The Kier molecular flexibility index (Phi) is 3.35. The van der Waals surface area contributed by atoms with Crippen LogP contribution in [0.15, 0.2) is 18.2 Å². The molecule has 2 rings (SSSR count). The highest BCUT2D eigenvalue weighted by Crippen LogP contribution is 2.27. The summed E-state index contributed by atoms with van der Waals surface area (Å²) in [4.78, 5) is 37.4. The minimum atomic E-state index is -1.01. The number of rotatable bonds is 2. The van der Waals surface area contributed by atoms with Crippen LogP contribution in [0.3, 0.4) is 0 Å². The molecule has 0 spiro atoms. The van der Waals surface area contributed by atoms with Crippen molar-refractivity contribution in [3.63, 3.8) is 0 Å². The van der Waals surface area contributed by atoms with Crippen LogP contribution >= 0.6 is 0 Å². The summed E-state index contributed by atoms with van der Waals surface area (Å²) in [5.41, 5.74) is 0.517. The Balaban J connectivity index is 2.27. The van der Waals surface area contributed by atoms with Crippen LogP contribution < -0.4 is 0 Å². The van der Waals surface area contributed by atoms with E-state index < -0.39 is 23.8 Å². The predicted molar refractivity (Wildman–Crippen MR) is 67.9 cm³/mol. The minimum absolute atomic E-state index is 0.0491. The summed E-state index contributed by atoms with van der Waals surface area (Å²) in [5, 5.41) is 18.6. The number of barbiturate groups is 1. The number of hydrogen-bond acceptors (Lipinski definition) is 5. The van der Waals surface area contributed by atoms with E-state index in [9.17, 15) is 24.6 Å². The van der Waals surface area contributed by atoms with Gasteiger partial charge in [0.2, 0.25) is 11.8 Å². The van der Waals surface area contributed by atoms with Gasteiger partial charge < -0.3 is 10.2 Å². The van der Waals surface area contributed by atoms with Crippen LogP contribution in [0.5, 0.6) is 11.5 Å². The van der Waals surface area contributed by atoms with Crippen molar-refractivity contribution in [2.75, 3.05) is 14.1 Å². The summed E-state index contributed by atoms with van der Waals surface area (Å²) in [7, 11) is 2.63. The van der Waals surface area contributed by atoms with Gasteiger partial charge >= 0.3 is 6.03 Å². The molecule has 1 aliphatic rings. The quantitative estimate of drug-likeness (QED) is 0.599. The van der Waals surface area contributed by atoms with Gasteiger partial charge in [0.15, 0.2) is 11.5 Å². The van der Waals surface area contributed by atoms with E-state index in [4.69, 9.17) is 0 Å². The van der Waals surface area contributed by atoms with Crippen molar-refractivity contribution in [2.45, 2.75) is 6.42 Å². The van der Waals surface area contributed by atoms with Crippen LogP contribution in [0.2, 0.25) is 0 Å². The van der Waals surface area contributed by atoms with Crippen LogP contribution in [0.4, 0.5) is 4.79 Å². The third kappa shape index (κ3) is 2.18. The molecule has 1 saturated heterocycles. The molecule has 2 N–H and O–H groups in total. The average Bonchev–Trinajstić information content (AvgIpc) is 2.43. The molecule has 0 unspecified atom stereocenters. The molecule has 1 fully saturated rings. The number of amides is 4. The van der Waals surface area contributed by atoms with Crippen molar-refractivity contribution in [3.05, 3.63) is 23.8 Å². The third-order valence-electron chi connectivity index (χ3n) is 3.31. The molecule has 0 aliphatic carbocycles. The number of nitrogens with zero attached hydrogens (tertiary/aromatic N) is 2. The van der Waals surface area contributed by atoms with Crippen LogP contribution in [0, 0.1) is 5.92 Å². The van der Waals surface area contributed by atoms with Gasteiger partial charge in [-0.05, 0) is 24.1 Å². The molecule has 106 valence electrons. The van der Waals surface area contributed by atoms with Crippen molar-refractivity contribution >= 4 is 17.8 Å². The van der Waals surface area contributed by atoms with Crippen molar-refractivity contribution in [1.82, 2.24) is 9.80 Å². The second kappa shape index (κ2) is 4.84. The van der Waals surface area contributed by atoms with Gasteiger partial charge in [-0.25, -0.2) is 4.79 Å². The molecule has 0 saturated carbocycles. The average molecular weight is 278 g/mol. The van der Waals surface area contributed by atoms with Crippen molar-refractivity contribution in [2.24, 2.45) is 5.92 Å². The first kappa shape index (κ1) is 13.9. The Labute approximate surface area is 115 Å². The number of phenolic OH excluding ortho intramolecular Hbond substituents is 2. The fourth-order valence-electron chi connectivity index (χ4n) is 2.09. The zero-order chi connectivity index (χ0) is 15.0. The molecular formula is C13H14N2O5. The highest BCUT2D eigenvalue weighted by molar-refractivity contribution is 6.15. The minimum Gasteiger partial charge on any atom is -0.504 e. The Morgan fingerprint density at radius 1 is 1.00 bits per heavy atom. The SMILES string of the molecule is CN1C(=O)C(Cc2ccc(O)c(O)c2)C(=O)N(C)C1=O. The second-order valence-electron chi connectivity index (χ2n) is 4.66. The first-order valence-corrected chi connectivity index (χ1v) is 5.93. The number of benzene rings is 1. The maximum atomic E-state index is 12.0. The molecule has 0 aromatic heterocycles. The van der Waals surface area contributed by atoms with Gasteiger partial charge in [0.05, 0.1) is 0 Å². The molecule has 0 atom stereocenters. The molecule has 0 bridgehead atoms. The molecule has 20 heavy (non-hydrogen) atoms. The summed E-state index contributed by atoms with van der Waals surface area (Å²) < 4.78 is 0. The Morgan fingerprint density at radius 3 is 2.05 bits per heavy atom. The summed E-state index contributed by atoms with van der Waals surface area (Å²) in [6.07, 6.45) is 0.0491. The van der Waals surface area contributed by atoms with Gasteiger partial charge in [-0.1, -0.05) is 6.07 Å². The Bertz CT molecular complexity index is 574. The maximum absolute atomic E-state index is 12.0. The fourth-order valence-corrected chi connectivity index (χ4v) is 2.09. The number of carbonyl (C=O) groups excluding carboxylic acids is 3. The van der Waals surface area contributed by atoms with E-state index in [0.717, 1.165) is 9.80 Å². The summed E-state index contributed by atoms with van der Waals surface area (Å²) in [6, 6.07) is 3.41. The monoisotopic (exact) mass is 278 g/mol. The van der Waals surface area contributed by atoms with Crippen molar-refractivity contribution in [3.8, 4) is 11.5 Å². The summed E-state index contributed by atoms with van der Waals surface area (Å²) in [5.74, 6) is -2.77. The molecule has 1 aromatic rings. The highest BCUT2D eigenvalue weighted by Gasteiger charge is 2.42. The summed E-state index contributed by atoms with van der Waals surface area (Å²) in [6.45, 7) is 0. The molecule has 4 amide bonds. The molecule has 1 aliphatic heterocycles. The lowest BCUT2D eigenvalue weighted by Gasteiger charge is -2.32. The van der Waals surface area contributed by atoms with Gasteiger partial charge in [0.1, 0.15) is 5.92 Å². The van der Waals surface area contributed by atoms with Crippen molar-refractivity contribution < 1.29 is 24.6 Å². The second-order valence-corrected chi connectivity index (χ2v) is 4.66. The summed E-state index contributed by atoms with van der Waals surface area (Å²) >= 11 is 0. The third-order valence-corrected chi connectivity index (χ3v) is 3.31. The smallest absolute Gasteiger partial charge is 0.332 e. The zero-order valence-corrected chi connectivity index (χ0v) is 11.0. The highest BCUT2D eigenvalue weighted by atomic mass is 16.3. The number of carbonyl (C=O) groups is 3. The lowest BCUT2D eigenvalue weighted by molar-refractivity contribution is -0.147. The maximum Gasteiger partial charge on any atom is 0.332 e. The number of aromatic hydroxyl groups is 2. The normalized spacial score (nSPS) is 17.0. The number of phenols is 2. The topological polar surface area (TPSA) is 98.2 Å². The van der Waals surface area contributed by atoms with Gasteiger partial charge in [0.25, 0.3) is 0 Å². The lowest BCUT2D eigenvalue weighted by Crippen LogP contribution is -2.57. The van der Waals surface area contributed by atoms with E-state index in [2.05, 4.69) is 0 Å². The molecule has 0 radical (unpaired) electrons. The molecule has 7 heteroatoms. The molecular weight excluding hydrogens is 264 g/mol. The van der Waals surface area contributed by atoms with Gasteiger partial charge in [-0.2, -0.15) is 0 Å². The fraction of sp³-hybridized carbons (Fsp3) is 0.308. The molecule has 1 aromatic carbocycles.